The van der Waals surface area contributed by atoms with Crippen molar-refractivity contribution in [1.82, 2.24) is 0 Å². The molecule has 0 saturated heterocycles. The van der Waals surface area contributed by atoms with Crippen LogP contribution < -0.4 is 5.32 Å². The van der Waals surface area contributed by atoms with Gasteiger partial charge in [-0.05, 0) is 30.3 Å². The lowest BCUT2D eigenvalue weighted by molar-refractivity contribution is 0.128. The van der Waals surface area contributed by atoms with Gasteiger partial charge in [0.05, 0.1) is 13.2 Å². The van der Waals surface area contributed by atoms with Gasteiger partial charge in [0.25, 0.3) is 0 Å². The van der Waals surface area contributed by atoms with Gasteiger partial charge in [0.2, 0.25) is 0 Å². The van der Waals surface area contributed by atoms with Crippen LogP contribution in [0.3, 0.4) is 0 Å². The fourth-order valence-electron chi connectivity index (χ4n) is 1.63. The van der Waals surface area contributed by atoms with Gasteiger partial charge in [-0.1, -0.05) is 29.8 Å². The second-order valence-electron chi connectivity index (χ2n) is 4.08. The fraction of sp³-hybridized carbons (Fsp3) is 0.200. The average molecular weight is 280 g/mol. The largest absolute Gasteiger partial charge is 0.383 e. The van der Waals surface area contributed by atoms with Crippen molar-refractivity contribution in [3.8, 4) is 0 Å². The van der Waals surface area contributed by atoms with Gasteiger partial charge in [0.1, 0.15) is 5.82 Å². The molecule has 0 spiro atoms. The number of rotatable bonds is 6. The number of hydrogen-bond donors (Lipinski definition) is 1. The number of halogens is 2. The van der Waals surface area contributed by atoms with E-state index in [0.717, 1.165) is 5.69 Å². The van der Waals surface area contributed by atoms with Crippen molar-refractivity contribution in [3.05, 3.63) is 64.9 Å². The van der Waals surface area contributed by atoms with Gasteiger partial charge in [-0.25, -0.2) is 4.39 Å². The Morgan fingerprint density at radius 2 is 1.79 bits per heavy atom. The van der Waals surface area contributed by atoms with Crippen LogP contribution in [0.25, 0.3) is 0 Å². The molecule has 0 aromatic heterocycles. The molecule has 0 saturated carbocycles. The van der Waals surface area contributed by atoms with Crippen LogP contribution in [0.5, 0.6) is 0 Å². The van der Waals surface area contributed by atoms with Gasteiger partial charge in [-0.15, -0.1) is 0 Å². The lowest BCUT2D eigenvalue weighted by atomic mass is 10.2. The van der Waals surface area contributed by atoms with Crippen molar-refractivity contribution in [2.45, 2.75) is 6.61 Å². The molecular weight excluding hydrogens is 265 g/mol. The van der Waals surface area contributed by atoms with E-state index in [1.54, 1.807) is 18.2 Å². The standard InChI is InChI=1S/C15H15ClFNO/c16-13-5-7-14(8-6-13)18-9-10-19-11-12-3-1-2-4-15(12)17/h1-8,18H,9-11H2. The van der Waals surface area contributed by atoms with Gasteiger partial charge in [0.15, 0.2) is 0 Å². The van der Waals surface area contributed by atoms with Crippen molar-refractivity contribution in [1.29, 1.82) is 0 Å². The Morgan fingerprint density at radius 3 is 2.53 bits per heavy atom. The van der Waals surface area contributed by atoms with E-state index in [0.29, 0.717) is 23.7 Å². The maximum Gasteiger partial charge on any atom is 0.128 e. The monoisotopic (exact) mass is 279 g/mol. The summed E-state index contributed by atoms with van der Waals surface area (Å²) in [5.41, 5.74) is 1.56. The predicted molar refractivity (Wildman–Crippen MR) is 76.0 cm³/mol. The molecule has 2 aromatic rings. The van der Waals surface area contributed by atoms with Crippen molar-refractivity contribution in [2.24, 2.45) is 0 Å². The SMILES string of the molecule is Fc1ccccc1COCCNc1ccc(Cl)cc1. The topological polar surface area (TPSA) is 21.3 Å². The Kier molecular flexibility index (Phi) is 5.19. The molecule has 0 unspecified atom stereocenters. The summed E-state index contributed by atoms with van der Waals surface area (Å²) in [4.78, 5) is 0. The van der Waals surface area contributed by atoms with Crippen LogP contribution in [0.1, 0.15) is 5.56 Å². The Bertz CT molecular complexity index is 516. The smallest absolute Gasteiger partial charge is 0.128 e. The van der Waals surface area contributed by atoms with E-state index in [1.807, 2.05) is 24.3 Å². The maximum atomic E-state index is 13.3. The van der Waals surface area contributed by atoms with Crippen LogP contribution in [-0.4, -0.2) is 13.2 Å². The summed E-state index contributed by atoms with van der Waals surface area (Å²) >= 11 is 5.79. The number of hydrogen-bond acceptors (Lipinski definition) is 2. The van der Waals surface area contributed by atoms with Crippen molar-refractivity contribution < 1.29 is 9.13 Å². The van der Waals surface area contributed by atoms with Crippen molar-refractivity contribution in [2.75, 3.05) is 18.5 Å². The molecule has 0 atom stereocenters. The van der Waals surface area contributed by atoms with Crippen molar-refractivity contribution >= 4 is 17.3 Å². The Morgan fingerprint density at radius 1 is 1.05 bits per heavy atom. The highest BCUT2D eigenvalue weighted by atomic mass is 35.5. The van der Waals surface area contributed by atoms with E-state index in [4.69, 9.17) is 16.3 Å². The van der Waals surface area contributed by atoms with Crippen LogP contribution in [0.2, 0.25) is 5.02 Å². The maximum absolute atomic E-state index is 13.3. The van der Waals surface area contributed by atoms with Crippen molar-refractivity contribution in [3.63, 3.8) is 0 Å². The molecule has 2 rings (SSSR count). The van der Waals surface area contributed by atoms with E-state index < -0.39 is 0 Å². The molecular formula is C15H15ClFNO. The number of nitrogens with one attached hydrogen (secondary N) is 1. The minimum Gasteiger partial charge on any atom is -0.383 e. The molecule has 19 heavy (non-hydrogen) atoms. The van der Waals surface area contributed by atoms with Gasteiger partial charge in [-0.2, -0.15) is 0 Å². The van der Waals surface area contributed by atoms with E-state index in [2.05, 4.69) is 5.32 Å². The lowest BCUT2D eigenvalue weighted by Gasteiger charge is -2.08. The predicted octanol–water partition coefficient (Wildman–Crippen LogP) is 4.11. The summed E-state index contributed by atoms with van der Waals surface area (Å²) in [6.45, 7) is 1.46. The highest BCUT2D eigenvalue weighted by Crippen LogP contribution is 2.13. The molecule has 2 nitrogen and oxygen atoms in total. The van der Waals surface area contributed by atoms with E-state index in [-0.39, 0.29) is 12.4 Å². The molecule has 0 fully saturated rings. The first-order chi connectivity index (χ1) is 9.25. The molecule has 0 bridgehead atoms. The second-order valence-corrected chi connectivity index (χ2v) is 4.51. The van der Waals surface area contributed by atoms with Crippen LogP contribution in [0, 0.1) is 5.82 Å². The van der Waals surface area contributed by atoms with E-state index in [9.17, 15) is 4.39 Å². The zero-order valence-electron chi connectivity index (χ0n) is 10.4. The zero-order valence-corrected chi connectivity index (χ0v) is 11.2. The highest BCUT2D eigenvalue weighted by Gasteiger charge is 1.99. The third-order valence-electron chi connectivity index (χ3n) is 2.64. The molecule has 0 aliphatic carbocycles. The minimum atomic E-state index is -0.229. The first-order valence-corrected chi connectivity index (χ1v) is 6.44. The molecule has 0 amide bonds. The summed E-state index contributed by atoms with van der Waals surface area (Å²) in [7, 11) is 0. The zero-order chi connectivity index (χ0) is 13.5. The van der Waals surface area contributed by atoms with Gasteiger partial charge < -0.3 is 10.1 Å². The molecule has 2 aromatic carbocycles. The van der Waals surface area contributed by atoms with E-state index in [1.165, 1.54) is 6.07 Å². The van der Waals surface area contributed by atoms with Crippen LogP contribution in [-0.2, 0) is 11.3 Å². The Labute approximate surface area is 117 Å². The Balaban J connectivity index is 1.67. The minimum absolute atomic E-state index is 0.229. The van der Waals surface area contributed by atoms with Crippen LogP contribution in [0.4, 0.5) is 10.1 Å². The molecule has 0 aliphatic heterocycles. The van der Waals surface area contributed by atoms with Gasteiger partial charge >= 0.3 is 0 Å². The lowest BCUT2D eigenvalue weighted by Crippen LogP contribution is -2.09. The van der Waals surface area contributed by atoms with Crippen LogP contribution >= 0.6 is 11.6 Å². The number of anilines is 1. The molecule has 0 aliphatic rings. The first-order valence-electron chi connectivity index (χ1n) is 6.06. The number of benzene rings is 2. The fourth-order valence-corrected chi connectivity index (χ4v) is 1.76. The summed E-state index contributed by atoms with van der Waals surface area (Å²) in [6.07, 6.45) is 0. The Hall–Kier alpha value is -1.58. The van der Waals surface area contributed by atoms with E-state index >= 15 is 0 Å². The summed E-state index contributed by atoms with van der Waals surface area (Å²) < 4.78 is 18.7. The second kappa shape index (κ2) is 7.12. The summed E-state index contributed by atoms with van der Waals surface area (Å²) in [6, 6.07) is 14.1. The molecule has 4 heteroatoms. The molecule has 0 heterocycles. The van der Waals surface area contributed by atoms with Gasteiger partial charge in [-0.3, -0.25) is 0 Å². The quantitative estimate of drug-likeness (QED) is 0.804. The third kappa shape index (κ3) is 4.54. The first kappa shape index (κ1) is 13.8. The van der Waals surface area contributed by atoms with Gasteiger partial charge in [0, 0.05) is 22.8 Å². The molecule has 1 N–H and O–H groups in total. The normalized spacial score (nSPS) is 10.4. The molecule has 100 valence electrons. The summed E-state index contributed by atoms with van der Waals surface area (Å²) in [5.74, 6) is -0.229. The van der Waals surface area contributed by atoms with Crippen LogP contribution in [0.15, 0.2) is 48.5 Å². The third-order valence-corrected chi connectivity index (χ3v) is 2.89. The highest BCUT2D eigenvalue weighted by molar-refractivity contribution is 6.30. The molecule has 0 radical (unpaired) electrons. The summed E-state index contributed by atoms with van der Waals surface area (Å²) in [5, 5.41) is 3.90. The number of ether oxygens (including phenoxy) is 1. The average Bonchev–Trinajstić information content (AvgIpc) is 2.42.